The van der Waals surface area contributed by atoms with E-state index in [-0.39, 0.29) is 17.2 Å². The zero-order valence-corrected chi connectivity index (χ0v) is 18.4. The van der Waals surface area contributed by atoms with Crippen LogP contribution >= 0.6 is 23.4 Å². The van der Waals surface area contributed by atoms with E-state index in [4.69, 9.17) is 11.6 Å². The van der Waals surface area contributed by atoms with Crippen LogP contribution in [-0.4, -0.2) is 24.2 Å². The second-order valence-corrected chi connectivity index (χ2v) is 9.58. The molecular formula is C23H29ClN2OS. The van der Waals surface area contributed by atoms with Gasteiger partial charge in [-0.3, -0.25) is 4.79 Å². The van der Waals surface area contributed by atoms with Crippen molar-refractivity contribution in [1.29, 1.82) is 0 Å². The van der Waals surface area contributed by atoms with Gasteiger partial charge in [0.2, 0.25) is 5.91 Å². The van der Waals surface area contributed by atoms with E-state index in [1.54, 1.807) is 11.8 Å². The lowest BCUT2D eigenvalue weighted by atomic mass is 9.99. The zero-order valence-electron chi connectivity index (χ0n) is 16.8. The summed E-state index contributed by atoms with van der Waals surface area (Å²) in [5.41, 5.74) is 2.41. The van der Waals surface area contributed by atoms with Crippen LogP contribution in [0.5, 0.6) is 0 Å². The summed E-state index contributed by atoms with van der Waals surface area (Å²) >= 11 is 7.47. The highest BCUT2D eigenvalue weighted by Crippen LogP contribution is 2.27. The molecule has 5 heteroatoms. The summed E-state index contributed by atoms with van der Waals surface area (Å²) in [6.07, 6.45) is 2.59. The third kappa shape index (κ3) is 5.68. The second kappa shape index (κ2) is 9.71. The van der Waals surface area contributed by atoms with Crippen LogP contribution in [0.15, 0.2) is 53.4 Å². The fraction of sp³-hybridized carbons (Fsp3) is 0.435. The van der Waals surface area contributed by atoms with E-state index in [0.29, 0.717) is 5.02 Å². The molecule has 1 saturated heterocycles. The Morgan fingerprint density at radius 3 is 2.46 bits per heavy atom. The molecule has 1 aliphatic rings. The number of carbonyl (C=O) groups excluding carboxylic acids is 1. The van der Waals surface area contributed by atoms with Gasteiger partial charge in [-0.25, -0.2) is 0 Å². The van der Waals surface area contributed by atoms with Gasteiger partial charge in [0.05, 0.1) is 11.3 Å². The van der Waals surface area contributed by atoms with Crippen molar-refractivity contribution < 1.29 is 4.79 Å². The van der Waals surface area contributed by atoms with Gasteiger partial charge in [-0.2, -0.15) is 0 Å². The Bertz CT molecular complexity index is 778. The molecule has 1 amide bonds. The molecule has 3 nitrogen and oxygen atoms in total. The first-order valence-corrected chi connectivity index (χ1v) is 11.3. The van der Waals surface area contributed by atoms with Crippen molar-refractivity contribution in [3.8, 4) is 0 Å². The average Bonchev–Trinajstić information content (AvgIpc) is 2.69. The molecule has 1 heterocycles. The number of nitrogens with one attached hydrogen (secondary N) is 1. The Kier molecular flexibility index (Phi) is 7.30. The number of hydrogen-bond donors (Lipinski definition) is 1. The van der Waals surface area contributed by atoms with Crippen molar-refractivity contribution in [2.75, 3.05) is 18.0 Å². The van der Waals surface area contributed by atoms with Gasteiger partial charge in [0.1, 0.15) is 0 Å². The first kappa shape index (κ1) is 21.1. The lowest BCUT2D eigenvalue weighted by Gasteiger charge is -2.33. The highest BCUT2D eigenvalue weighted by atomic mass is 35.5. The smallest absolute Gasteiger partial charge is 0.233 e. The van der Waals surface area contributed by atoms with Gasteiger partial charge >= 0.3 is 0 Å². The van der Waals surface area contributed by atoms with Gasteiger partial charge in [-0.15, -0.1) is 11.8 Å². The lowest BCUT2D eigenvalue weighted by Crippen LogP contribution is -2.34. The number of nitrogens with zero attached hydrogens (tertiary/aromatic N) is 1. The molecule has 2 aromatic carbocycles. The second-order valence-electron chi connectivity index (χ2n) is 7.73. The average molecular weight is 417 g/mol. The van der Waals surface area contributed by atoms with Crippen LogP contribution in [0.3, 0.4) is 0 Å². The van der Waals surface area contributed by atoms with Crippen LogP contribution < -0.4 is 10.2 Å². The minimum absolute atomic E-state index is 0.0184. The summed E-state index contributed by atoms with van der Waals surface area (Å²) in [4.78, 5) is 16.1. The summed E-state index contributed by atoms with van der Waals surface area (Å²) in [7, 11) is 0. The monoisotopic (exact) mass is 416 g/mol. The summed E-state index contributed by atoms with van der Waals surface area (Å²) in [5, 5.41) is 3.67. The van der Waals surface area contributed by atoms with E-state index in [1.165, 1.54) is 18.5 Å². The molecular weight excluding hydrogens is 388 g/mol. The fourth-order valence-corrected chi connectivity index (χ4v) is 4.59. The number of amides is 1. The number of halogens is 1. The predicted octanol–water partition coefficient (Wildman–Crippen LogP) is 5.93. The van der Waals surface area contributed by atoms with Gasteiger partial charge in [0.25, 0.3) is 0 Å². The maximum Gasteiger partial charge on any atom is 0.233 e. The molecule has 1 N–H and O–H groups in total. The maximum atomic E-state index is 12.6. The van der Waals surface area contributed by atoms with Gasteiger partial charge in [0, 0.05) is 28.7 Å². The quantitative estimate of drug-likeness (QED) is 0.592. The molecule has 0 aromatic heterocycles. The summed E-state index contributed by atoms with van der Waals surface area (Å²) in [6.45, 7) is 8.55. The van der Waals surface area contributed by atoms with Crippen LogP contribution in [0.4, 0.5) is 5.69 Å². The van der Waals surface area contributed by atoms with Gasteiger partial charge in [-0.05, 0) is 74.6 Å². The predicted molar refractivity (Wildman–Crippen MR) is 120 cm³/mol. The zero-order chi connectivity index (χ0) is 20.1. The number of hydrogen-bond acceptors (Lipinski definition) is 3. The van der Waals surface area contributed by atoms with Crippen molar-refractivity contribution in [1.82, 2.24) is 5.32 Å². The number of carbonyl (C=O) groups is 1. The van der Waals surface area contributed by atoms with Crippen LogP contribution in [0, 0.1) is 5.92 Å². The van der Waals surface area contributed by atoms with Crippen molar-refractivity contribution >= 4 is 35.0 Å². The Morgan fingerprint density at radius 1 is 1.14 bits per heavy atom. The molecule has 3 atom stereocenters. The van der Waals surface area contributed by atoms with E-state index in [9.17, 15) is 4.79 Å². The molecule has 0 aliphatic carbocycles. The number of anilines is 1. The number of thioether (sulfide) groups is 1. The van der Waals surface area contributed by atoms with E-state index in [2.05, 4.69) is 41.4 Å². The van der Waals surface area contributed by atoms with Crippen molar-refractivity contribution in [2.24, 2.45) is 5.92 Å². The van der Waals surface area contributed by atoms with Crippen molar-refractivity contribution in [2.45, 2.75) is 49.8 Å². The summed E-state index contributed by atoms with van der Waals surface area (Å²) in [6, 6.07) is 16.2. The standard InChI is InChI=1S/C23H29ClN2OS/c1-16-5-4-14-26(15-16)21-10-6-19(7-11-21)17(2)25-23(27)18(3)28-22-12-8-20(24)9-13-22/h6-13,16-18H,4-5,14-15H2,1-3H3,(H,25,27)/t16-,17+,18-/m1/s1. The summed E-state index contributed by atoms with van der Waals surface area (Å²) in [5.74, 6) is 0.799. The molecule has 0 saturated carbocycles. The third-order valence-electron chi connectivity index (χ3n) is 5.27. The van der Waals surface area contributed by atoms with Crippen LogP contribution in [0.2, 0.25) is 5.02 Å². The SMILES string of the molecule is C[C@@H]1CCCN(c2ccc([C@H](C)NC(=O)[C@@H](C)Sc3ccc(Cl)cc3)cc2)C1. The Balaban J connectivity index is 1.55. The molecule has 3 rings (SSSR count). The van der Waals surface area contributed by atoms with Crippen LogP contribution in [0.1, 0.15) is 45.2 Å². The first-order valence-electron chi connectivity index (χ1n) is 10.00. The molecule has 0 radical (unpaired) electrons. The van der Waals surface area contributed by atoms with Crippen LogP contribution in [-0.2, 0) is 4.79 Å². The molecule has 1 fully saturated rings. The van der Waals surface area contributed by atoms with Crippen LogP contribution in [0.25, 0.3) is 0 Å². The molecule has 150 valence electrons. The van der Waals surface area contributed by atoms with E-state index in [1.807, 2.05) is 38.1 Å². The van der Waals surface area contributed by atoms with Gasteiger partial charge < -0.3 is 10.2 Å². The van der Waals surface area contributed by atoms with Gasteiger partial charge in [0.15, 0.2) is 0 Å². The molecule has 0 spiro atoms. The molecule has 28 heavy (non-hydrogen) atoms. The molecule has 0 unspecified atom stereocenters. The van der Waals surface area contributed by atoms with Crippen molar-refractivity contribution in [3.63, 3.8) is 0 Å². The molecule has 2 aromatic rings. The molecule has 1 aliphatic heterocycles. The van der Waals surface area contributed by atoms with Gasteiger partial charge in [-0.1, -0.05) is 30.7 Å². The number of rotatable bonds is 6. The highest BCUT2D eigenvalue weighted by Gasteiger charge is 2.19. The largest absolute Gasteiger partial charge is 0.371 e. The lowest BCUT2D eigenvalue weighted by molar-refractivity contribution is -0.120. The normalized spacial score (nSPS) is 19.1. The minimum Gasteiger partial charge on any atom is -0.371 e. The third-order valence-corrected chi connectivity index (χ3v) is 6.63. The highest BCUT2D eigenvalue weighted by molar-refractivity contribution is 8.00. The van der Waals surface area contributed by atoms with Crippen molar-refractivity contribution in [3.05, 3.63) is 59.1 Å². The fourth-order valence-electron chi connectivity index (χ4n) is 3.58. The molecule has 0 bridgehead atoms. The first-order chi connectivity index (χ1) is 13.4. The topological polar surface area (TPSA) is 32.3 Å². The van der Waals surface area contributed by atoms with E-state index < -0.39 is 0 Å². The summed E-state index contributed by atoms with van der Waals surface area (Å²) < 4.78 is 0. The minimum atomic E-state index is -0.169. The Hall–Kier alpha value is -1.65. The number of piperidine rings is 1. The Labute approximate surface area is 177 Å². The number of benzene rings is 2. The Morgan fingerprint density at radius 2 is 1.82 bits per heavy atom. The van der Waals surface area contributed by atoms with E-state index >= 15 is 0 Å². The van der Waals surface area contributed by atoms with E-state index in [0.717, 1.165) is 29.5 Å². The maximum absolute atomic E-state index is 12.6.